The van der Waals surface area contributed by atoms with Crippen LogP contribution in [0, 0.1) is 5.92 Å². The minimum Gasteiger partial charge on any atom is -0.336 e. The fourth-order valence-corrected chi connectivity index (χ4v) is 2.50. The molecule has 0 saturated carbocycles. The zero-order valence-electron chi connectivity index (χ0n) is 15.2. The van der Waals surface area contributed by atoms with Gasteiger partial charge in [0.1, 0.15) is 6.04 Å². The van der Waals surface area contributed by atoms with Gasteiger partial charge in [-0.25, -0.2) is 0 Å². The van der Waals surface area contributed by atoms with Gasteiger partial charge in [0.2, 0.25) is 5.91 Å². The van der Waals surface area contributed by atoms with Crippen LogP contribution in [-0.2, 0) is 9.59 Å². The van der Waals surface area contributed by atoms with E-state index in [0.717, 1.165) is 0 Å². The molecule has 1 atom stereocenters. The molecule has 0 radical (unpaired) electrons. The topological polar surface area (TPSA) is 75.3 Å². The smallest absolute Gasteiger partial charge is 0.336 e. The lowest BCUT2D eigenvalue weighted by atomic mass is 10.00. The molecule has 0 saturated heterocycles. The monoisotopic (exact) mass is 392 g/mol. The molecule has 1 unspecified atom stereocenters. The van der Waals surface area contributed by atoms with Gasteiger partial charge in [0, 0.05) is 11.1 Å². The van der Waals surface area contributed by atoms with Gasteiger partial charge in [-0.1, -0.05) is 56.3 Å². The Morgan fingerprint density at radius 1 is 0.893 bits per heavy atom. The van der Waals surface area contributed by atoms with Crippen molar-refractivity contribution in [3.05, 3.63) is 65.7 Å². The highest BCUT2D eigenvalue weighted by Crippen LogP contribution is 2.21. The van der Waals surface area contributed by atoms with Gasteiger partial charge in [0.25, 0.3) is 0 Å². The van der Waals surface area contributed by atoms with E-state index in [0.29, 0.717) is 5.56 Å². The van der Waals surface area contributed by atoms with Crippen molar-refractivity contribution in [3.63, 3.8) is 0 Å². The molecule has 0 spiro atoms. The van der Waals surface area contributed by atoms with Crippen LogP contribution in [0.15, 0.2) is 54.6 Å². The zero-order chi connectivity index (χ0) is 20.9. The number of rotatable bonds is 6. The third-order valence-corrected chi connectivity index (χ3v) is 3.96. The molecule has 0 aliphatic rings. The van der Waals surface area contributed by atoms with E-state index in [2.05, 4.69) is 5.32 Å². The van der Waals surface area contributed by atoms with Crippen LogP contribution in [0.3, 0.4) is 0 Å². The number of ketones is 1. The van der Waals surface area contributed by atoms with Crippen molar-refractivity contribution in [2.45, 2.75) is 26.1 Å². The first-order chi connectivity index (χ1) is 13.1. The summed E-state index contributed by atoms with van der Waals surface area (Å²) >= 11 is 0. The van der Waals surface area contributed by atoms with Gasteiger partial charge in [0.15, 0.2) is 5.78 Å². The van der Waals surface area contributed by atoms with E-state index in [-0.39, 0.29) is 17.0 Å². The van der Waals surface area contributed by atoms with Crippen LogP contribution in [0.2, 0.25) is 0 Å². The number of alkyl halides is 3. The van der Waals surface area contributed by atoms with Crippen LogP contribution in [0.5, 0.6) is 0 Å². The Bertz CT molecular complexity index is 864. The molecule has 0 aliphatic heterocycles. The van der Waals surface area contributed by atoms with Crippen molar-refractivity contribution >= 4 is 23.3 Å². The highest BCUT2D eigenvalue weighted by atomic mass is 19.4. The minimum atomic E-state index is -5.10. The number of carbonyl (C=O) groups is 3. The van der Waals surface area contributed by atoms with E-state index in [9.17, 15) is 27.6 Å². The number of amides is 2. The molecule has 2 amide bonds. The molecule has 0 fully saturated rings. The maximum absolute atomic E-state index is 12.7. The summed E-state index contributed by atoms with van der Waals surface area (Å²) in [5.74, 6) is -4.00. The standard InChI is InChI=1S/C20H19F3N2O3/c1-12(2)16(25-19(28)20(21,22)23)18(27)24-15-11-7-6-10-14(15)17(26)13-8-4-3-5-9-13/h3-12,16H,1-2H3,(H,24,27)(H,25,28). The Labute approximate surface area is 159 Å². The number of para-hydroxylation sites is 1. The lowest BCUT2D eigenvalue weighted by Gasteiger charge is -2.23. The number of hydrogen-bond acceptors (Lipinski definition) is 3. The fraction of sp³-hybridized carbons (Fsp3) is 0.250. The van der Waals surface area contributed by atoms with Crippen LogP contribution in [0.4, 0.5) is 18.9 Å². The molecule has 0 aliphatic carbocycles. The van der Waals surface area contributed by atoms with Crippen LogP contribution >= 0.6 is 0 Å². The van der Waals surface area contributed by atoms with E-state index < -0.39 is 30.0 Å². The van der Waals surface area contributed by atoms with Gasteiger partial charge in [-0.05, 0) is 18.1 Å². The quantitative estimate of drug-likeness (QED) is 0.738. The van der Waals surface area contributed by atoms with Gasteiger partial charge in [-0.15, -0.1) is 0 Å². The van der Waals surface area contributed by atoms with E-state index >= 15 is 0 Å². The summed E-state index contributed by atoms with van der Waals surface area (Å²) in [6, 6.07) is 13.1. The number of carbonyl (C=O) groups excluding carboxylic acids is 3. The predicted molar refractivity (Wildman–Crippen MR) is 97.8 cm³/mol. The largest absolute Gasteiger partial charge is 0.471 e. The van der Waals surface area contributed by atoms with E-state index in [1.165, 1.54) is 26.0 Å². The second-order valence-electron chi connectivity index (χ2n) is 6.42. The number of anilines is 1. The molecule has 148 valence electrons. The Hall–Kier alpha value is -3.16. The second-order valence-corrected chi connectivity index (χ2v) is 6.42. The predicted octanol–water partition coefficient (Wildman–Crippen LogP) is 3.56. The lowest BCUT2D eigenvalue weighted by molar-refractivity contribution is -0.175. The average molecular weight is 392 g/mol. The van der Waals surface area contributed by atoms with E-state index in [4.69, 9.17) is 0 Å². The first-order valence-corrected chi connectivity index (χ1v) is 8.48. The van der Waals surface area contributed by atoms with Crippen LogP contribution < -0.4 is 10.6 Å². The number of nitrogens with one attached hydrogen (secondary N) is 2. The van der Waals surface area contributed by atoms with Gasteiger partial charge in [-0.3, -0.25) is 14.4 Å². The zero-order valence-corrected chi connectivity index (χ0v) is 15.2. The molecular weight excluding hydrogens is 373 g/mol. The maximum atomic E-state index is 12.7. The normalized spacial score (nSPS) is 12.4. The summed E-state index contributed by atoms with van der Waals surface area (Å²) in [7, 11) is 0. The Kier molecular flexibility index (Phi) is 6.56. The molecule has 2 aromatic carbocycles. The molecule has 8 heteroatoms. The summed E-state index contributed by atoms with van der Waals surface area (Å²) < 4.78 is 37.6. The summed E-state index contributed by atoms with van der Waals surface area (Å²) in [6.07, 6.45) is -5.10. The first kappa shape index (κ1) is 21.1. The van der Waals surface area contributed by atoms with Crippen molar-refractivity contribution in [1.82, 2.24) is 5.32 Å². The molecule has 0 bridgehead atoms. The summed E-state index contributed by atoms with van der Waals surface area (Å²) in [6.45, 7) is 3.00. The van der Waals surface area contributed by atoms with Crippen LogP contribution in [0.1, 0.15) is 29.8 Å². The summed E-state index contributed by atoms with van der Waals surface area (Å²) in [5.41, 5.74) is 0.731. The van der Waals surface area contributed by atoms with Crippen LogP contribution in [0.25, 0.3) is 0 Å². The van der Waals surface area contributed by atoms with Crippen molar-refractivity contribution in [2.24, 2.45) is 5.92 Å². The van der Waals surface area contributed by atoms with Crippen molar-refractivity contribution in [1.29, 1.82) is 0 Å². The van der Waals surface area contributed by atoms with E-state index in [1.807, 2.05) is 0 Å². The van der Waals surface area contributed by atoms with Gasteiger partial charge in [0.05, 0.1) is 5.69 Å². The number of benzene rings is 2. The fourth-order valence-electron chi connectivity index (χ4n) is 2.50. The molecule has 5 nitrogen and oxygen atoms in total. The lowest BCUT2D eigenvalue weighted by Crippen LogP contribution is -2.51. The number of halogens is 3. The highest BCUT2D eigenvalue weighted by molar-refractivity contribution is 6.14. The first-order valence-electron chi connectivity index (χ1n) is 8.48. The summed E-state index contributed by atoms with van der Waals surface area (Å²) in [4.78, 5) is 36.4. The molecule has 0 aromatic heterocycles. The second kappa shape index (κ2) is 8.69. The molecule has 2 N–H and O–H groups in total. The van der Waals surface area contributed by atoms with E-state index in [1.54, 1.807) is 47.8 Å². The summed E-state index contributed by atoms with van der Waals surface area (Å²) in [5, 5.41) is 4.15. The molecule has 0 heterocycles. The van der Waals surface area contributed by atoms with Crippen molar-refractivity contribution in [2.75, 3.05) is 5.32 Å². The number of hydrogen-bond donors (Lipinski definition) is 2. The minimum absolute atomic E-state index is 0.147. The SMILES string of the molecule is CC(C)C(NC(=O)C(F)(F)F)C(=O)Nc1ccccc1C(=O)c1ccccc1. The molecule has 2 aromatic rings. The average Bonchev–Trinajstić information content (AvgIpc) is 2.65. The van der Waals surface area contributed by atoms with Crippen molar-refractivity contribution < 1.29 is 27.6 Å². The van der Waals surface area contributed by atoms with Gasteiger partial charge in [-0.2, -0.15) is 13.2 Å². The molecular formula is C20H19F3N2O3. The van der Waals surface area contributed by atoms with Gasteiger partial charge >= 0.3 is 12.1 Å². The third kappa shape index (κ3) is 5.18. The van der Waals surface area contributed by atoms with Crippen molar-refractivity contribution in [3.8, 4) is 0 Å². The maximum Gasteiger partial charge on any atom is 0.471 e. The van der Waals surface area contributed by atoms with Crippen LogP contribution in [-0.4, -0.2) is 29.8 Å². The Balaban J connectivity index is 2.25. The third-order valence-electron chi connectivity index (χ3n) is 3.96. The molecule has 28 heavy (non-hydrogen) atoms. The Morgan fingerprint density at radius 3 is 2.04 bits per heavy atom. The molecule has 2 rings (SSSR count). The van der Waals surface area contributed by atoms with Gasteiger partial charge < -0.3 is 10.6 Å². The highest BCUT2D eigenvalue weighted by Gasteiger charge is 2.41. The Morgan fingerprint density at radius 2 is 1.46 bits per heavy atom.